The van der Waals surface area contributed by atoms with Crippen molar-refractivity contribution in [2.75, 3.05) is 24.5 Å². The summed E-state index contributed by atoms with van der Waals surface area (Å²) >= 11 is 0. The van der Waals surface area contributed by atoms with Crippen LogP contribution in [0.2, 0.25) is 0 Å². The third kappa shape index (κ3) is 3.85. The van der Waals surface area contributed by atoms with Crippen LogP contribution < -0.4 is 15.8 Å². The predicted octanol–water partition coefficient (Wildman–Crippen LogP) is 1.80. The van der Waals surface area contributed by atoms with Crippen LogP contribution in [-0.4, -0.2) is 30.1 Å². The largest absolute Gasteiger partial charge is 0.371 e. The van der Waals surface area contributed by atoms with Gasteiger partial charge in [0.2, 0.25) is 5.91 Å². The Bertz CT molecular complexity index is 769. The summed E-state index contributed by atoms with van der Waals surface area (Å²) in [5, 5.41) is 2.96. The van der Waals surface area contributed by atoms with E-state index in [0.717, 1.165) is 19.5 Å². The summed E-state index contributed by atoms with van der Waals surface area (Å²) in [6.45, 7) is 4.83. The van der Waals surface area contributed by atoms with Crippen LogP contribution in [0.3, 0.4) is 0 Å². The molecule has 5 nitrogen and oxygen atoms in total. The van der Waals surface area contributed by atoms with Crippen molar-refractivity contribution in [1.29, 1.82) is 0 Å². The first-order valence-electron chi connectivity index (χ1n) is 8.36. The number of hydrogen-bond acceptors (Lipinski definition) is 3. The normalized spacial score (nSPS) is 17.0. The van der Waals surface area contributed by atoms with Crippen molar-refractivity contribution in [1.82, 2.24) is 9.88 Å². The van der Waals surface area contributed by atoms with E-state index in [-0.39, 0.29) is 18.0 Å². The molecule has 5 heteroatoms. The minimum atomic E-state index is -0.153. The Kier molecular flexibility index (Phi) is 4.99. The van der Waals surface area contributed by atoms with Gasteiger partial charge in [0.05, 0.1) is 0 Å². The third-order valence-electron chi connectivity index (χ3n) is 4.54. The van der Waals surface area contributed by atoms with E-state index in [4.69, 9.17) is 0 Å². The summed E-state index contributed by atoms with van der Waals surface area (Å²) in [5.41, 5.74) is 2.41. The van der Waals surface area contributed by atoms with Gasteiger partial charge in [-0.3, -0.25) is 9.59 Å². The summed E-state index contributed by atoms with van der Waals surface area (Å²) in [6, 6.07) is 13.3. The van der Waals surface area contributed by atoms with Crippen LogP contribution in [0.5, 0.6) is 0 Å². The van der Waals surface area contributed by atoms with E-state index in [1.165, 1.54) is 21.9 Å². The number of pyridine rings is 1. The van der Waals surface area contributed by atoms with E-state index in [1.807, 2.05) is 0 Å². The van der Waals surface area contributed by atoms with E-state index < -0.39 is 0 Å². The van der Waals surface area contributed by atoms with Gasteiger partial charge in [-0.25, -0.2) is 0 Å². The monoisotopic (exact) mass is 325 g/mol. The highest BCUT2D eigenvalue weighted by Gasteiger charge is 2.23. The van der Waals surface area contributed by atoms with E-state index in [9.17, 15) is 9.59 Å². The van der Waals surface area contributed by atoms with E-state index in [2.05, 4.69) is 41.4 Å². The van der Waals surface area contributed by atoms with Gasteiger partial charge in [-0.2, -0.15) is 0 Å². The summed E-state index contributed by atoms with van der Waals surface area (Å²) in [5.74, 6) is 0.332. The van der Waals surface area contributed by atoms with Crippen molar-refractivity contribution in [3.8, 4) is 0 Å². The zero-order chi connectivity index (χ0) is 16.9. The molecule has 24 heavy (non-hydrogen) atoms. The van der Waals surface area contributed by atoms with Crippen LogP contribution in [0.1, 0.15) is 12.0 Å². The molecule has 1 aromatic carbocycles. The lowest BCUT2D eigenvalue weighted by atomic mass is 10.1. The number of nitrogens with zero attached hydrogens (tertiary/aromatic N) is 2. The zero-order valence-electron chi connectivity index (χ0n) is 13.9. The average Bonchev–Trinajstić information content (AvgIpc) is 3.04. The minimum Gasteiger partial charge on any atom is -0.371 e. The van der Waals surface area contributed by atoms with E-state index in [1.54, 1.807) is 18.3 Å². The number of hydrogen-bond donors (Lipinski definition) is 1. The van der Waals surface area contributed by atoms with Gasteiger partial charge in [-0.15, -0.1) is 0 Å². The zero-order valence-corrected chi connectivity index (χ0v) is 13.9. The molecule has 0 radical (unpaired) electrons. The molecule has 0 bridgehead atoms. The number of rotatable bonds is 5. The molecule has 1 aromatic heterocycles. The molecule has 2 aromatic rings. The van der Waals surface area contributed by atoms with Gasteiger partial charge in [-0.05, 0) is 37.0 Å². The Hall–Kier alpha value is -2.56. The number of carbonyl (C=O) groups is 1. The summed E-state index contributed by atoms with van der Waals surface area (Å²) in [6.07, 6.45) is 2.71. The molecule has 2 heterocycles. The summed E-state index contributed by atoms with van der Waals surface area (Å²) < 4.78 is 1.42. The fraction of sp³-hybridized carbons (Fsp3) is 0.368. The predicted molar refractivity (Wildman–Crippen MR) is 95.2 cm³/mol. The molecule has 0 saturated carbocycles. The number of carbonyl (C=O) groups excluding carboxylic acids is 1. The van der Waals surface area contributed by atoms with E-state index >= 15 is 0 Å². The van der Waals surface area contributed by atoms with Gasteiger partial charge in [0.25, 0.3) is 5.56 Å². The molecule has 1 atom stereocenters. The van der Waals surface area contributed by atoms with Crippen molar-refractivity contribution in [3.63, 3.8) is 0 Å². The first-order valence-corrected chi connectivity index (χ1v) is 8.36. The Labute approximate surface area is 141 Å². The number of aromatic nitrogens is 1. The quantitative estimate of drug-likeness (QED) is 0.912. The maximum Gasteiger partial charge on any atom is 0.250 e. The number of amides is 1. The van der Waals surface area contributed by atoms with Crippen LogP contribution in [0.25, 0.3) is 0 Å². The van der Waals surface area contributed by atoms with Crippen molar-refractivity contribution in [2.24, 2.45) is 5.92 Å². The van der Waals surface area contributed by atoms with Crippen molar-refractivity contribution < 1.29 is 4.79 Å². The molecule has 3 rings (SSSR count). The van der Waals surface area contributed by atoms with Crippen LogP contribution in [0.4, 0.5) is 5.69 Å². The van der Waals surface area contributed by atoms with Crippen molar-refractivity contribution in [2.45, 2.75) is 19.9 Å². The fourth-order valence-electron chi connectivity index (χ4n) is 3.20. The lowest BCUT2D eigenvalue weighted by Gasteiger charge is -2.21. The van der Waals surface area contributed by atoms with Gasteiger partial charge >= 0.3 is 0 Å². The molecule has 0 spiro atoms. The van der Waals surface area contributed by atoms with Gasteiger partial charge in [0.1, 0.15) is 6.54 Å². The maximum atomic E-state index is 12.0. The molecular weight excluding hydrogens is 302 g/mol. The summed E-state index contributed by atoms with van der Waals surface area (Å²) in [7, 11) is 0. The standard InChI is InChI=1S/C19H23N3O2/c1-15-6-2-3-7-17(15)21-11-9-16(13-21)12-20-18(23)14-22-10-5-4-8-19(22)24/h2-8,10,16H,9,11-14H2,1H3,(H,20,23). The smallest absolute Gasteiger partial charge is 0.250 e. The Morgan fingerprint density at radius 3 is 2.79 bits per heavy atom. The second-order valence-electron chi connectivity index (χ2n) is 6.36. The summed E-state index contributed by atoms with van der Waals surface area (Å²) in [4.78, 5) is 26.0. The van der Waals surface area contributed by atoms with Crippen LogP contribution in [-0.2, 0) is 11.3 Å². The molecule has 1 saturated heterocycles. The number of para-hydroxylation sites is 1. The molecule has 0 aliphatic carbocycles. The number of benzene rings is 1. The topological polar surface area (TPSA) is 54.3 Å². The van der Waals surface area contributed by atoms with Crippen molar-refractivity contribution >= 4 is 11.6 Å². The molecule has 1 N–H and O–H groups in total. The Morgan fingerprint density at radius 1 is 1.21 bits per heavy atom. The van der Waals surface area contributed by atoms with Gasteiger partial charge in [-0.1, -0.05) is 24.3 Å². The Balaban J connectivity index is 1.50. The van der Waals surface area contributed by atoms with Crippen LogP contribution in [0, 0.1) is 12.8 Å². The number of anilines is 1. The highest BCUT2D eigenvalue weighted by atomic mass is 16.2. The number of nitrogens with one attached hydrogen (secondary N) is 1. The van der Waals surface area contributed by atoms with Gasteiger partial charge in [0.15, 0.2) is 0 Å². The lowest BCUT2D eigenvalue weighted by molar-refractivity contribution is -0.121. The van der Waals surface area contributed by atoms with E-state index in [0.29, 0.717) is 12.5 Å². The fourth-order valence-corrected chi connectivity index (χ4v) is 3.20. The van der Waals surface area contributed by atoms with Gasteiger partial charge < -0.3 is 14.8 Å². The molecule has 1 amide bonds. The lowest BCUT2D eigenvalue weighted by Crippen LogP contribution is -2.35. The highest BCUT2D eigenvalue weighted by Crippen LogP contribution is 2.26. The van der Waals surface area contributed by atoms with Crippen molar-refractivity contribution in [3.05, 3.63) is 64.6 Å². The molecule has 1 unspecified atom stereocenters. The second kappa shape index (κ2) is 7.34. The third-order valence-corrected chi connectivity index (χ3v) is 4.54. The SMILES string of the molecule is Cc1ccccc1N1CCC(CNC(=O)Cn2ccccc2=O)C1. The molecule has 126 valence electrons. The molecule has 1 aliphatic rings. The molecular formula is C19H23N3O2. The molecule has 1 fully saturated rings. The van der Waals surface area contributed by atoms with Gasteiger partial charge in [0, 0.05) is 37.6 Å². The highest BCUT2D eigenvalue weighted by molar-refractivity contribution is 5.75. The Morgan fingerprint density at radius 2 is 2.00 bits per heavy atom. The average molecular weight is 325 g/mol. The second-order valence-corrected chi connectivity index (χ2v) is 6.36. The first kappa shape index (κ1) is 16.3. The number of aryl methyl sites for hydroxylation is 1. The first-order chi connectivity index (χ1) is 11.6. The maximum absolute atomic E-state index is 12.0. The van der Waals surface area contributed by atoms with Crippen LogP contribution in [0.15, 0.2) is 53.5 Å². The minimum absolute atomic E-state index is 0.0773. The molecule has 1 aliphatic heterocycles. The van der Waals surface area contributed by atoms with Crippen LogP contribution >= 0.6 is 0 Å².